The van der Waals surface area contributed by atoms with E-state index in [2.05, 4.69) is 10.1 Å². The Morgan fingerprint density at radius 2 is 2.05 bits per heavy atom. The number of rotatable bonds is 4. The summed E-state index contributed by atoms with van der Waals surface area (Å²) >= 11 is 1.86. The van der Waals surface area contributed by atoms with Crippen LogP contribution >= 0.6 is 11.8 Å². The molecule has 5 nitrogen and oxygen atoms in total. The molecule has 0 amide bonds. The van der Waals surface area contributed by atoms with Crippen molar-refractivity contribution in [3.63, 3.8) is 0 Å². The lowest BCUT2D eigenvalue weighted by Crippen LogP contribution is -1.95. The first-order valence-corrected chi connectivity index (χ1v) is 7.74. The summed E-state index contributed by atoms with van der Waals surface area (Å²) in [4.78, 5) is 4.29. The van der Waals surface area contributed by atoms with Gasteiger partial charge in [-0.3, -0.25) is 0 Å². The first-order valence-electron chi connectivity index (χ1n) is 6.69. The Kier molecular flexibility index (Phi) is 3.82. The van der Waals surface area contributed by atoms with E-state index in [1.54, 1.807) is 6.07 Å². The van der Waals surface area contributed by atoms with E-state index in [9.17, 15) is 10.2 Å². The molecule has 0 saturated heterocycles. The molecule has 2 aromatic rings. The molecule has 1 aromatic heterocycles. The van der Waals surface area contributed by atoms with E-state index in [1.165, 1.54) is 37.8 Å². The van der Waals surface area contributed by atoms with E-state index in [-0.39, 0.29) is 17.4 Å². The molecule has 0 unspecified atom stereocenters. The predicted octanol–water partition coefficient (Wildman–Crippen LogP) is 3.32. The quantitative estimate of drug-likeness (QED) is 0.900. The van der Waals surface area contributed by atoms with E-state index in [0.717, 1.165) is 5.75 Å². The van der Waals surface area contributed by atoms with Gasteiger partial charge >= 0.3 is 0 Å². The minimum absolute atomic E-state index is 0.00257. The largest absolute Gasteiger partial charge is 0.508 e. The molecule has 6 heteroatoms. The molecule has 1 aliphatic rings. The summed E-state index contributed by atoms with van der Waals surface area (Å²) < 4.78 is 5.17. The summed E-state index contributed by atoms with van der Waals surface area (Å²) in [5, 5.41) is 23.7. The van der Waals surface area contributed by atoms with Crippen molar-refractivity contribution in [2.75, 3.05) is 0 Å². The SMILES string of the molecule is Oc1ccc(-c2nc(CSC3CCCC3)no2)c(O)c1. The second kappa shape index (κ2) is 5.75. The second-order valence-corrected chi connectivity index (χ2v) is 6.22. The highest BCUT2D eigenvalue weighted by Gasteiger charge is 2.18. The summed E-state index contributed by atoms with van der Waals surface area (Å²) in [6.07, 6.45) is 5.18. The maximum atomic E-state index is 9.76. The van der Waals surface area contributed by atoms with Crippen LogP contribution < -0.4 is 0 Å². The summed E-state index contributed by atoms with van der Waals surface area (Å²) in [5.41, 5.74) is 0.437. The maximum absolute atomic E-state index is 9.76. The Balaban J connectivity index is 1.69. The van der Waals surface area contributed by atoms with Crippen LogP contribution in [0, 0.1) is 0 Å². The van der Waals surface area contributed by atoms with E-state index in [1.807, 2.05) is 11.8 Å². The Labute approximate surface area is 121 Å². The van der Waals surface area contributed by atoms with E-state index in [4.69, 9.17) is 4.52 Å². The van der Waals surface area contributed by atoms with E-state index < -0.39 is 0 Å². The summed E-state index contributed by atoms with van der Waals surface area (Å²) in [7, 11) is 0. The van der Waals surface area contributed by atoms with Gasteiger partial charge in [0, 0.05) is 11.3 Å². The predicted molar refractivity (Wildman–Crippen MR) is 76.6 cm³/mol. The molecule has 0 aliphatic heterocycles. The Morgan fingerprint density at radius 1 is 1.25 bits per heavy atom. The Hall–Kier alpha value is -1.69. The highest BCUT2D eigenvalue weighted by Crippen LogP contribution is 2.33. The monoisotopic (exact) mass is 292 g/mol. The van der Waals surface area contributed by atoms with Crippen LogP contribution in [0.3, 0.4) is 0 Å². The number of phenolic OH excluding ortho intramolecular Hbond substituents is 2. The zero-order valence-corrected chi connectivity index (χ0v) is 11.8. The van der Waals surface area contributed by atoms with E-state index in [0.29, 0.717) is 16.6 Å². The van der Waals surface area contributed by atoms with Crippen molar-refractivity contribution in [2.24, 2.45) is 0 Å². The van der Waals surface area contributed by atoms with Gasteiger partial charge in [0.25, 0.3) is 5.89 Å². The first-order chi connectivity index (χ1) is 9.72. The van der Waals surface area contributed by atoms with Crippen LogP contribution in [0.25, 0.3) is 11.5 Å². The molecule has 1 aromatic carbocycles. The van der Waals surface area contributed by atoms with Crippen LogP contribution in [-0.2, 0) is 5.75 Å². The molecule has 0 spiro atoms. The van der Waals surface area contributed by atoms with Gasteiger partial charge in [0.2, 0.25) is 0 Å². The molecule has 1 fully saturated rings. The number of hydrogen-bond donors (Lipinski definition) is 2. The normalized spacial score (nSPS) is 15.8. The number of phenols is 2. The van der Waals surface area contributed by atoms with Gasteiger partial charge < -0.3 is 14.7 Å². The van der Waals surface area contributed by atoms with Gasteiger partial charge in [0.1, 0.15) is 11.5 Å². The van der Waals surface area contributed by atoms with Crippen molar-refractivity contribution in [1.82, 2.24) is 10.1 Å². The summed E-state index contributed by atoms with van der Waals surface area (Å²) in [6, 6.07) is 4.30. The number of thioether (sulfide) groups is 1. The third-order valence-corrected chi connectivity index (χ3v) is 4.80. The molecule has 1 aliphatic carbocycles. The number of hydrogen-bond acceptors (Lipinski definition) is 6. The van der Waals surface area contributed by atoms with Crippen molar-refractivity contribution in [3.8, 4) is 23.0 Å². The highest BCUT2D eigenvalue weighted by molar-refractivity contribution is 7.99. The fourth-order valence-corrected chi connectivity index (χ4v) is 3.54. The molecular weight excluding hydrogens is 276 g/mol. The van der Waals surface area contributed by atoms with Gasteiger partial charge in [0.15, 0.2) is 5.82 Å². The molecule has 3 rings (SSSR count). The third kappa shape index (κ3) is 2.90. The number of aromatic nitrogens is 2. The number of aromatic hydroxyl groups is 2. The lowest BCUT2D eigenvalue weighted by atomic mass is 10.2. The van der Waals surface area contributed by atoms with Crippen LogP contribution in [-0.4, -0.2) is 25.6 Å². The molecule has 1 heterocycles. The maximum Gasteiger partial charge on any atom is 0.261 e. The molecule has 20 heavy (non-hydrogen) atoms. The zero-order chi connectivity index (χ0) is 13.9. The van der Waals surface area contributed by atoms with Crippen molar-refractivity contribution in [3.05, 3.63) is 24.0 Å². The van der Waals surface area contributed by atoms with Gasteiger partial charge in [-0.25, -0.2) is 0 Å². The summed E-state index contributed by atoms with van der Waals surface area (Å²) in [5.74, 6) is 1.59. The first kappa shape index (κ1) is 13.3. The number of nitrogens with zero attached hydrogens (tertiary/aromatic N) is 2. The lowest BCUT2D eigenvalue weighted by molar-refractivity contribution is 0.418. The minimum atomic E-state index is -0.0661. The molecular formula is C14H16N2O3S. The zero-order valence-electron chi connectivity index (χ0n) is 11.0. The minimum Gasteiger partial charge on any atom is -0.508 e. The Bertz CT molecular complexity index is 594. The van der Waals surface area contributed by atoms with Crippen LogP contribution in [0.4, 0.5) is 0 Å². The molecule has 106 valence electrons. The molecule has 2 N–H and O–H groups in total. The topological polar surface area (TPSA) is 79.4 Å². The van der Waals surface area contributed by atoms with Gasteiger partial charge in [-0.1, -0.05) is 18.0 Å². The summed E-state index contributed by atoms with van der Waals surface area (Å²) in [6.45, 7) is 0. The van der Waals surface area contributed by atoms with Gasteiger partial charge in [-0.2, -0.15) is 16.7 Å². The number of benzene rings is 1. The van der Waals surface area contributed by atoms with Crippen molar-refractivity contribution >= 4 is 11.8 Å². The smallest absolute Gasteiger partial charge is 0.261 e. The van der Waals surface area contributed by atoms with Crippen LogP contribution in [0.2, 0.25) is 0 Å². The third-order valence-electron chi connectivity index (χ3n) is 3.43. The van der Waals surface area contributed by atoms with Crippen molar-refractivity contribution in [2.45, 2.75) is 36.7 Å². The second-order valence-electron chi connectivity index (χ2n) is 4.93. The van der Waals surface area contributed by atoms with Gasteiger partial charge in [0.05, 0.1) is 11.3 Å². The molecule has 0 radical (unpaired) electrons. The lowest BCUT2D eigenvalue weighted by Gasteiger charge is -2.04. The van der Waals surface area contributed by atoms with Crippen LogP contribution in [0.1, 0.15) is 31.5 Å². The van der Waals surface area contributed by atoms with Gasteiger partial charge in [-0.05, 0) is 25.0 Å². The molecule has 0 bridgehead atoms. The van der Waals surface area contributed by atoms with Gasteiger partial charge in [-0.15, -0.1) is 0 Å². The average molecular weight is 292 g/mol. The van der Waals surface area contributed by atoms with Crippen LogP contribution in [0.5, 0.6) is 11.5 Å². The fraction of sp³-hybridized carbons (Fsp3) is 0.429. The van der Waals surface area contributed by atoms with Crippen molar-refractivity contribution in [1.29, 1.82) is 0 Å². The van der Waals surface area contributed by atoms with Crippen LogP contribution in [0.15, 0.2) is 22.7 Å². The van der Waals surface area contributed by atoms with Crippen molar-refractivity contribution < 1.29 is 14.7 Å². The van der Waals surface area contributed by atoms with E-state index >= 15 is 0 Å². The fourth-order valence-electron chi connectivity index (χ4n) is 2.37. The standard InChI is InChI=1S/C14H16N2O3S/c17-9-5-6-11(12(18)7-9)14-15-13(16-19-14)8-20-10-3-1-2-4-10/h5-7,10,17-18H,1-4,8H2. The highest BCUT2D eigenvalue weighted by atomic mass is 32.2. The Morgan fingerprint density at radius 3 is 2.80 bits per heavy atom. The average Bonchev–Trinajstić information content (AvgIpc) is 3.07. The molecule has 0 atom stereocenters. The molecule has 1 saturated carbocycles.